The van der Waals surface area contributed by atoms with Gasteiger partial charge in [-0.05, 0) is 7.05 Å². The molecule has 0 aliphatic heterocycles. The van der Waals surface area contributed by atoms with E-state index in [9.17, 15) is 12.8 Å². The molecule has 0 amide bonds. The second-order valence-electron chi connectivity index (χ2n) is 2.68. The lowest BCUT2D eigenvalue weighted by Gasteiger charge is -2.05. The molecule has 0 atom stereocenters. The standard InChI is InChI=1S/C7H11FN4O2S/c1-9-15(13,14)3-2-10-7-4-6(8)11-5-12-7/h4-5,9H,2-3H2,1H3,(H,10,11,12). The molecule has 0 saturated carbocycles. The quantitative estimate of drug-likeness (QED) is 0.676. The first-order chi connectivity index (χ1) is 7.03. The predicted molar refractivity (Wildman–Crippen MR) is 53.3 cm³/mol. The highest BCUT2D eigenvalue weighted by Crippen LogP contribution is 2.01. The van der Waals surface area contributed by atoms with Crippen LogP contribution in [0.2, 0.25) is 0 Å². The molecule has 1 aromatic heterocycles. The Morgan fingerprint density at radius 3 is 2.80 bits per heavy atom. The molecule has 1 aromatic rings. The summed E-state index contributed by atoms with van der Waals surface area (Å²) in [6.45, 7) is 0.152. The number of nitrogens with zero attached hydrogens (tertiary/aromatic N) is 2. The van der Waals surface area contributed by atoms with E-state index in [1.54, 1.807) is 0 Å². The SMILES string of the molecule is CNS(=O)(=O)CCNc1cc(F)ncn1. The van der Waals surface area contributed by atoms with Crippen molar-refractivity contribution in [2.45, 2.75) is 0 Å². The number of rotatable bonds is 5. The molecular formula is C7H11FN4O2S. The number of sulfonamides is 1. The lowest BCUT2D eigenvalue weighted by atomic mass is 10.5. The van der Waals surface area contributed by atoms with Crippen molar-refractivity contribution in [3.8, 4) is 0 Å². The highest BCUT2D eigenvalue weighted by atomic mass is 32.2. The second kappa shape index (κ2) is 4.99. The van der Waals surface area contributed by atoms with Crippen LogP contribution in [0.1, 0.15) is 0 Å². The molecule has 0 spiro atoms. The summed E-state index contributed by atoms with van der Waals surface area (Å²) in [5, 5.41) is 2.67. The van der Waals surface area contributed by atoms with Gasteiger partial charge < -0.3 is 5.32 Å². The number of halogens is 1. The molecule has 0 radical (unpaired) electrons. The van der Waals surface area contributed by atoms with Crippen molar-refractivity contribution in [3.05, 3.63) is 18.3 Å². The summed E-state index contributed by atoms with van der Waals surface area (Å²) in [4.78, 5) is 6.97. The summed E-state index contributed by atoms with van der Waals surface area (Å²) in [6.07, 6.45) is 1.06. The zero-order valence-electron chi connectivity index (χ0n) is 8.07. The zero-order valence-corrected chi connectivity index (χ0v) is 8.88. The van der Waals surface area contributed by atoms with E-state index in [2.05, 4.69) is 20.0 Å². The van der Waals surface area contributed by atoms with Crippen molar-refractivity contribution in [2.24, 2.45) is 0 Å². The normalized spacial score (nSPS) is 11.3. The number of nitrogens with one attached hydrogen (secondary N) is 2. The molecule has 0 aliphatic rings. The summed E-state index contributed by atoms with van der Waals surface area (Å²) in [7, 11) is -1.92. The number of hydrogen-bond donors (Lipinski definition) is 2. The summed E-state index contributed by atoms with van der Waals surface area (Å²) < 4.78 is 36.7. The molecule has 8 heteroatoms. The Balaban J connectivity index is 2.45. The van der Waals surface area contributed by atoms with E-state index in [0.717, 1.165) is 12.4 Å². The number of anilines is 1. The minimum Gasteiger partial charge on any atom is -0.369 e. The molecule has 84 valence electrons. The molecule has 0 unspecified atom stereocenters. The van der Waals surface area contributed by atoms with Crippen LogP contribution in [-0.4, -0.2) is 37.7 Å². The second-order valence-corrected chi connectivity index (χ2v) is 4.72. The van der Waals surface area contributed by atoms with Crippen LogP contribution in [0.15, 0.2) is 12.4 Å². The Morgan fingerprint density at radius 1 is 1.47 bits per heavy atom. The van der Waals surface area contributed by atoms with Crippen molar-refractivity contribution in [2.75, 3.05) is 24.7 Å². The van der Waals surface area contributed by atoms with Gasteiger partial charge in [0.05, 0.1) is 5.75 Å². The highest BCUT2D eigenvalue weighted by Gasteiger charge is 2.06. The maximum absolute atomic E-state index is 12.6. The third kappa shape index (κ3) is 4.17. The van der Waals surface area contributed by atoms with Crippen molar-refractivity contribution in [1.29, 1.82) is 0 Å². The van der Waals surface area contributed by atoms with E-state index < -0.39 is 16.0 Å². The Labute approximate surface area is 87.0 Å². The minimum atomic E-state index is -3.25. The summed E-state index contributed by atoms with van der Waals surface area (Å²) in [6, 6.07) is 1.09. The molecule has 0 bridgehead atoms. The van der Waals surface area contributed by atoms with Crippen LogP contribution < -0.4 is 10.0 Å². The van der Waals surface area contributed by atoms with Crippen molar-refractivity contribution in [3.63, 3.8) is 0 Å². The molecule has 0 aromatic carbocycles. The van der Waals surface area contributed by atoms with Crippen LogP contribution >= 0.6 is 0 Å². The first kappa shape index (κ1) is 11.8. The molecule has 2 N–H and O–H groups in total. The molecule has 1 rings (SSSR count). The van der Waals surface area contributed by atoms with E-state index in [4.69, 9.17) is 0 Å². The zero-order chi connectivity index (χ0) is 11.3. The van der Waals surface area contributed by atoms with Gasteiger partial charge in [0.15, 0.2) is 0 Å². The Hall–Kier alpha value is -1.28. The van der Waals surface area contributed by atoms with Crippen LogP contribution in [0.4, 0.5) is 10.2 Å². The van der Waals surface area contributed by atoms with Crippen LogP contribution in [0.3, 0.4) is 0 Å². The van der Waals surface area contributed by atoms with Crippen molar-refractivity contribution in [1.82, 2.24) is 14.7 Å². The number of hydrogen-bond acceptors (Lipinski definition) is 5. The third-order valence-electron chi connectivity index (χ3n) is 1.62. The predicted octanol–water partition coefficient (Wildman–Crippen LogP) is -0.423. The lowest BCUT2D eigenvalue weighted by Crippen LogP contribution is -2.26. The molecule has 0 aliphatic carbocycles. The Bertz CT molecular complexity index is 423. The Kier molecular flexibility index (Phi) is 3.92. The van der Waals surface area contributed by atoms with Crippen LogP contribution in [-0.2, 0) is 10.0 Å². The summed E-state index contributed by atoms with van der Waals surface area (Å²) in [5.74, 6) is -0.507. The van der Waals surface area contributed by atoms with E-state index in [1.165, 1.54) is 7.05 Å². The number of aromatic nitrogens is 2. The van der Waals surface area contributed by atoms with Gasteiger partial charge in [-0.25, -0.2) is 23.1 Å². The topological polar surface area (TPSA) is 84.0 Å². The van der Waals surface area contributed by atoms with E-state index in [1.807, 2.05) is 0 Å². The minimum absolute atomic E-state index is 0.102. The van der Waals surface area contributed by atoms with Crippen LogP contribution in [0, 0.1) is 5.95 Å². The van der Waals surface area contributed by atoms with Gasteiger partial charge in [0.1, 0.15) is 12.1 Å². The third-order valence-corrected chi connectivity index (χ3v) is 2.99. The first-order valence-corrected chi connectivity index (χ1v) is 5.81. The van der Waals surface area contributed by atoms with Gasteiger partial charge in [-0.1, -0.05) is 0 Å². The molecule has 15 heavy (non-hydrogen) atoms. The molecule has 1 heterocycles. The maximum atomic E-state index is 12.6. The molecule has 0 fully saturated rings. The van der Waals surface area contributed by atoms with E-state index in [-0.39, 0.29) is 18.1 Å². The van der Waals surface area contributed by atoms with Crippen molar-refractivity contribution >= 4 is 15.8 Å². The fourth-order valence-corrected chi connectivity index (χ4v) is 1.42. The maximum Gasteiger partial charge on any atom is 0.217 e. The highest BCUT2D eigenvalue weighted by molar-refractivity contribution is 7.89. The largest absolute Gasteiger partial charge is 0.369 e. The average Bonchev–Trinajstić information content (AvgIpc) is 2.18. The molecular weight excluding hydrogens is 223 g/mol. The van der Waals surface area contributed by atoms with Gasteiger partial charge >= 0.3 is 0 Å². The van der Waals surface area contributed by atoms with Gasteiger partial charge in [0, 0.05) is 12.6 Å². The summed E-state index contributed by atoms with van der Waals surface area (Å²) in [5.41, 5.74) is 0. The molecule has 0 saturated heterocycles. The fraction of sp³-hybridized carbons (Fsp3) is 0.429. The monoisotopic (exact) mass is 234 g/mol. The summed E-state index contributed by atoms with van der Waals surface area (Å²) >= 11 is 0. The van der Waals surface area contributed by atoms with Gasteiger partial charge in [0.25, 0.3) is 0 Å². The Morgan fingerprint density at radius 2 is 2.20 bits per heavy atom. The smallest absolute Gasteiger partial charge is 0.217 e. The van der Waals surface area contributed by atoms with Crippen LogP contribution in [0.5, 0.6) is 0 Å². The van der Waals surface area contributed by atoms with Gasteiger partial charge in [0.2, 0.25) is 16.0 Å². The van der Waals surface area contributed by atoms with E-state index in [0.29, 0.717) is 0 Å². The van der Waals surface area contributed by atoms with E-state index >= 15 is 0 Å². The van der Waals surface area contributed by atoms with Crippen molar-refractivity contribution < 1.29 is 12.8 Å². The first-order valence-electron chi connectivity index (χ1n) is 4.16. The van der Waals surface area contributed by atoms with Crippen LogP contribution in [0.25, 0.3) is 0 Å². The van der Waals surface area contributed by atoms with Gasteiger partial charge in [-0.15, -0.1) is 0 Å². The van der Waals surface area contributed by atoms with Gasteiger partial charge in [-0.3, -0.25) is 0 Å². The fourth-order valence-electron chi connectivity index (χ4n) is 0.846. The van der Waals surface area contributed by atoms with Gasteiger partial charge in [-0.2, -0.15) is 4.39 Å². The average molecular weight is 234 g/mol. The molecule has 6 nitrogen and oxygen atoms in total. The lowest BCUT2D eigenvalue weighted by molar-refractivity contribution is 0.580.